The molecule has 0 fully saturated rings. The molecule has 0 radical (unpaired) electrons. The van der Waals surface area contributed by atoms with Crippen molar-refractivity contribution in [2.24, 2.45) is 0 Å². The molecule has 0 unspecified atom stereocenters. The molecule has 0 saturated heterocycles. The summed E-state index contributed by atoms with van der Waals surface area (Å²) in [4.78, 5) is 16.1. The number of sulfonamides is 1. The lowest BCUT2D eigenvalue weighted by atomic mass is 10.2. The van der Waals surface area contributed by atoms with Crippen molar-refractivity contribution in [2.75, 3.05) is 0 Å². The van der Waals surface area contributed by atoms with Gasteiger partial charge in [0, 0.05) is 17.3 Å². The molecule has 6 nitrogen and oxygen atoms in total. The number of nitrogens with one attached hydrogen (secondary N) is 1. The van der Waals surface area contributed by atoms with Gasteiger partial charge in [-0.05, 0) is 60.2 Å². The lowest BCUT2D eigenvalue weighted by Crippen LogP contribution is -2.28. The maximum absolute atomic E-state index is 12.2. The number of hydrogen-bond donors (Lipinski definition) is 1. The number of ether oxygens (including phenoxy) is 1. The van der Waals surface area contributed by atoms with Gasteiger partial charge in [0.25, 0.3) is 15.9 Å². The van der Waals surface area contributed by atoms with Crippen LogP contribution in [0, 0.1) is 0 Å². The van der Waals surface area contributed by atoms with E-state index >= 15 is 0 Å². The van der Waals surface area contributed by atoms with Crippen LogP contribution in [0.25, 0.3) is 6.08 Å². The molecule has 1 amide bonds. The van der Waals surface area contributed by atoms with E-state index in [-0.39, 0.29) is 4.90 Å². The van der Waals surface area contributed by atoms with Gasteiger partial charge in [-0.25, -0.2) is 13.1 Å². The van der Waals surface area contributed by atoms with Gasteiger partial charge in [0.2, 0.25) is 0 Å². The third-order valence-electron chi connectivity index (χ3n) is 3.78. The number of hydrogen-bond acceptors (Lipinski definition) is 5. The van der Waals surface area contributed by atoms with Gasteiger partial charge in [-0.2, -0.15) is 0 Å². The van der Waals surface area contributed by atoms with E-state index in [0.717, 1.165) is 11.8 Å². The first kappa shape index (κ1) is 20.6. The van der Waals surface area contributed by atoms with Crippen LogP contribution in [0.5, 0.6) is 5.75 Å². The summed E-state index contributed by atoms with van der Waals surface area (Å²) < 4.78 is 32.0. The fourth-order valence-corrected chi connectivity index (χ4v) is 3.40. The number of rotatable bonds is 7. The summed E-state index contributed by atoms with van der Waals surface area (Å²) in [5.41, 5.74) is 1.53. The predicted octanol–water partition coefficient (Wildman–Crippen LogP) is 3.83. The van der Waals surface area contributed by atoms with Crippen LogP contribution < -0.4 is 9.46 Å². The van der Waals surface area contributed by atoms with Crippen molar-refractivity contribution in [2.45, 2.75) is 11.5 Å². The molecule has 0 aliphatic heterocycles. The van der Waals surface area contributed by atoms with Gasteiger partial charge in [0.15, 0.2) is 0 Å². The number of pyridine rings is 1. The number of nitrogens with zero attached hydrogens (tertiary/aromatic N) is 1. The van der Waals surface area contributed by atoms with E-state index in [2.05, 4.69) is 4.98 Å². The van der Waals surface area contributed by atoms with Crippen molar-refractivity contribution in [3.8, 4) is 5.75 Å². The Morgan fingerprint density at radius 2 is 1.76 bits per heavy atom. The van der Waals surface area contributed by atoms with Gasteiger partial charge in [-0.3, -0.25) is 9.78 Å². The number of benzene rings is 2. The molecule has 148 valence electrons. The molecule has 29 heavy (non-hydrogen) atoms. The van der Waals surface area contributed by atoms with E-state index in [9.17, 15) is 13.2 Å². The molecule has 0 spiro atoms. The Hall–Kier alpha value is -3.16. The highest BCUT2D eigenvalue weighted by Gasteiger charge is 2.15. The zero-order valence-electron chi connectivity index (χ0n) is 15.2. The van der Waals surface area contributed by atoms with Crippen LogP contribution in [0.2, 0.25) is 5.02 Å². The van der Waals surface area contributed by atoms with Crippen molar-refractivity contribution < 1.29 is 17.9 Å². The fourth-order valence-electron chi connectivity index (χ4n) is 2.33. The van der Waals surface area contributed by atoms with Crippen molar-refractivity contribution in [1.29, 1.82) is 0 Å². The molecular weight excluding hydrogens is 412 g/mol. The number of carbonyl (C=O) groups is 1. The van der Waals surface area contributed by atoms with Gasteiger partial charge in [-0.1, -0.05) is 29.8 Å². The number of aromatic nitrogens is 1. The van der Waals surface area contributed by atoms with Gasteiger partial charge in [-0.15, -0.1) is 0 Å². The standard InChI is InChI=1S/C21H17ClN2O4S/c22-17-7-11-20(12-8-17)29(26,27)24-21(25)13-6-16-4-9-19(10-5-16)28-15-18-3-1-2-14-23-18/h1-14H,15H2,(H,24,25)/b13-6+. The SMILES string of the molecule is O=C(/C=C/c1ccc(OCc2ccccn2)cc1)NS(=O)(=O)c1ccc(Cl)cc1. The highest BCUT2D eigenvalue weighted by atomic mass is 35.5. The Kier molecular flexibility index (Phi) is 6.64. The lowest BCUT2D eigenvalue weighted by Gasteiger charge is -2.06. The first-order valence-electron chi connectivity index (χ1n) is 8.55. The van der Waals surface area contributed by atoms with Crippen molar-refractivity contribution in [1.82, 2.24) is 9.71 Å². The van der Waals surface area contributed by atoms with Crippen molar-refractivity contribution in [3.05, 3.63) is 95.3 Å². The number of amides is 1. The molecule has 0 saturated carbocycles. The van der Waals surface area contributed by atoms with Gasteiger partial charge in [0.1, 0.15) is 12.4 Å². The summed E-state index contributed by atoms with van der Waals surface area (Å²) in [7, 11) is -3.96. The smallest absolute Gasteiger partial charge is 0.264 e. The molecule has 3 aromatic rings. The largest absolute Gasteiger partial charge is 0.487 e. The van der Waals surface area contributed by atoms with E-state index in [4.69, 9.17) is 16.3 Å². The monoisotopic (exact) mass is 428 g/mol. The highest BCUT2D eigenvalue weighted by Crippen LogP contribution is 2.15. The van der Waals surface area contributed by atoms with Crippen LogP contribution in [0.1, 0.15) is 11.3 Å². The van der Waals surface area contributed by atoms with Gasteiger partial charge < -0.3 is 4.74 Å². The molecule has 0 aliphatic rings. The molecule has 3 rings (SSSR count). The average molecular weight is 429 g/mol. The number of carbonyl (C=O) groups excluding carboxylic acids is 1. The summed E-state index contributed by atoms with van der Waals surface area (Å²) in [5.74, 6) is -0.0991. The summed E-state index contributed by atoms with van der Waals surface area (Å²) in [6.45, 7) is 0.348. The van der Waals surface area contributed by atoms with E-state index in [1.165, 1.54) is 30.3 Å². The quantitative estimate of drug-likeness (QED) is 0.578. The Morgan fingerprint density at radius 3 is 2.41 bits per heavy atom. The van der Waals surface area contributed by atoms with Gasteiger partial charge in [0.05, 0.1) is 10.6 Å². The third kappa shape index (κ3) is 6.17. The molecule has 1 N–H and O–H groups in total. The zero-order valence-corrected chi connectivity index (χ0v) is 16.7. The van der Waals surface area contributed by atoms with Crippen molar-refractivity contribution >= 4 is 33.6 Å². The van der Waals surface area contributed by atoms with Crippen LogP contribution >= 0.6 is 11.6 Å². The van der Waals surface area contributed by atoms with E-state index in [1.54, 1.807) is 30.5 Å². The molecule has 8 heteroatoms. The second kappa shape index (κ2) is 9.36. The Morgan fingerprint density at radius 1 is 1.03 bits per heavy atom. The maximum Gasteiger partial charge on any atom is 0.264 e. The van der Waals surface area contributed by atoms with E-state index in [0.29, 0.717) is 22.9 Å². The van der Waals surface area contributed by atoms with Crippen LogP contribution in [-0.2, 0) is 21.4 Å². The molecule has 0 bridgehead atoms. The first-order valence-corrected chi connectivity index (χ1v) is 10.4. The topological polar surface area (TPSA) is 85.4 Å². The maximum atomic E-state index is 12.2. The third-order valence-corrected chi connectivity index (χ3v) is 5.39. The average Bonchev–Trinajstić information content (AvgIpc) is 2.72. The van der Waals surface area contributed by atoms with Crippen LogP contribution in [0.3, 0.4) is 0 Å². The molecule has 0 atom stereocenters. The van der Waals surface area contributed by atoms with E-state index in [1.807, 2.05) is 22.9 Å². The van der Waals surface area contributed by atoms with Crippen LogP contribution in [0.15, 0.2) is 83.9 Å². The summed E-state index contributed by atoms with van der Waals surface area (Å²) in [6.07, 6.45) is 4.36. The molecule has 2 aromatic carbocycles. The zero-order chi connectivity index (χ0) is 20.7. The minimum Gasteiger partial charge on any atom is -0.487 e. The van der Waals surface area contributed by atoms with Crippen molar-refractivity contribution in [3.63, 3.8) is 0 Å². The molecule has 1 aromatic heterocycles. The van der Waals surface area contributed by atoms with Crippen LogP contribution in [0.4, 0.5) is 0 Å². The predicted molar refractivity (Wildman–Crippen MR) is 111 cm³/mol. The Labute approximate surface area is 173 Å². The summed E-state index contributed by atoms with van der Waals surface area (Å²) >= 11 is 5.74. The Balaban J connectivity index is 1.56. The summed E-state index contributed by atoms with van der Waals surface area (Å²) in [5, 5.41) is 0.405. The first-order chi connectivity index (χ1) is 13.9. The summed E-state index contributed by atoms with van der Waals surface area (Å²) in [6, 6.07) is 18.1. The van der Waals surface area contributed by atoms with Gasteiger partial charge >= 0.3 is 0 Å². The second-order valence-electron chi connectivity index (χ2n) is 5.94. The highest BCUT2D eigenvalue weighted by molar-refractivity contribution is 7.90. The number of halogens is 1. The second-order valence-corrected chi connectivity index (χ2v) is 8.05. The lowest BCUT2D eigenvalue weighted by molar-refractivity contribution is -0.114. The normalized spacial score (nSPS) is 11.3. The van der Waals surface area contributed by atoms with E-state index < -0.39 is 15.9 Å². The molecule has 0 aliphatic carbocycles. The minimum absolute atomic E-state index is 0.0435. The molecular formula is C21H17ClN2O4S. The Bertz CT molecular complexity index is 1100. The van der Waals surface area contributed by atoms with Crippen LogP contribution in [-0.4, -0.2) is 19.3 Å². The minimum atomic E-state index is -3.96. The molecule has 1 heterocycles. The fraction of sp³-hybridized carbons (Fsp3) is 0.0476.